The van der Waals surface area contributed by atoms with Gasteiger partial charge in [0.1, 0.15) is 11.4 Å². The van der Waals surface area contributed by atoms with Gasteiger partial charge in [-0.05, 0) is 51.5 Å². The summed E-state index contributed by atoms with van der Waals surface area (Å²) in [4.78, 5) is 15.0. The topological polar surface area (TPSA) is 76.0 Å². The number of nitrogens with zero attached hydrogens (tertiary/aromatic N) is 4. The number of carbonyl (C=O) groups excluding carboxylic acids is 1. The van der Waals surface area contributed by atoms with E-state index in [0.717, 1.165) is 34.0 Å². The molecule has 0 radical (unpaired) electrons. The standard InChI is InChI=1S/C21H27N5O2/c1-7-26(14(3)16-9-8-10-17(11-16)28-6)21(27)19-12-18(22-23-19)20-13(2)24-25(5)15(20)4/h8-12,14H,7H2,1-6H3,(H,22,23)/t14-/m1/s1. The Morgan fingerprint density at radius 3 is 2.68 bits per heavy atom. The lowest BCUT2D eigenvalue weighted by atomic mass is 10.1. The molecule has 1 atom stereocenters. The zero-order valence-electron chi connectivity index (χ0n) is 17.3. The molecule has 3 rings (SSSR count). The highest BCUT2D eigenvalue weighted by Gasteiger charge is 2.24. The first-order chi connectivity index (χ1) is 13.4. The zero-order chi connectivity index (χ0) is 20.4. The van der Waals surface area contributed by atoms with Crippen LogP contribution in [0.2, 0.25) is 0 Å². The van der Waals surface area contributed by atoms with Gasteiger partial charge in [-0.15, -0.1) is 0 Å². The van der Waals surface area contributed by atoms with Crippen molar-refractivity contribution < 1.29 is 9.53 Å². The summed E-state index contributed by atoms with van der Waals surface area (Å²) in [5.41, 5.74) is 5.09. The molecule has 0 aliphatic rings. The molecule has 0 fully saturated rings. The summed E-state index contributed by atoms with van der Waals surface area (Å²) < 4.78 is 7.14. The van der Waals surface area contributed by atoms with Gasteiger partial charge in [0.15, 0.2) is 0 Å². The van der Waals surface area contributed by atoms with Gasteiger partial charge in [-0.3, -0.25) is 14.6 Å². The second kappa shape index (κ2) is 7.88. The van der Waals surface area contributed by atoms with Gasteiger partial charge >= 0.3 is 0 Å². The van der Waals surface area contributed by atoms with Crippen molar-refractivity contribution in [1.82, 2.24) is 24.9 Å². The predicted octanol–water partition coefficient (Wildman–Crippen LogP) is 3.66. The summed E-state index contributed by atoms with van der Waals surface area (Å²) in [5, 5.41) is 11.7. The average Bonchev–Trinajstić information content (AvgIpc) is 3.26. The van der Waals surface area contributed by atoms with Crippen LogP contribution in [0.25, 0.3) is 11.3 Å². The quantitative estimate of drug-likeness (QED) is 0.707. The van der Waals surface area contributed by atoms with E-state index >= 15 is 0 Å². The van der Waals surface area contributed by atoms with Crippen LogP contribution in [0.5, 0.6) is 5.75 Å². The summed E-state index contributed by atoms with van der Waals surface area (Å²) in [6.45, 7) is 8.51. The molecule has 148 valence electrons. The van der Waals surface area contributed by atoms with Crippen molar-refractivity contribution in [2.75, 3.05) is 13.7 Å². The maximum absolute atomic E-state index is 13.2. The summed E-state index contributed by atoms with van der Waals surface area (Å²) in [6, 6.07) is 9.51. The summed E-state index contributed by atoms with van der Waals surface area (Å²) >= 11 is 0. The highest BCUT2D eigenvalue weighted by molar-refractivity contribution is 5.93. The Kier molecular flexibility index (Phi) is 5.53. The molecule has 1 N–H and O–H groups in total. The van der Waals surface area contributed by atoms with E-state index in [0.29, 0.717) is 12.2 Å². The van der Waals surface area contributed by atoms with E-state index in [1.54, 1.807) is 13.2 Å². The number of aromatic amines is 1. The third kappa shape index (κ3) is 3.52. The van der Waals surface area contributed by atoms with Gasteiger partial charge in [0, 0.05) is 24.8 Å². The van der Waals surface area contributed by atoms with E-state index in [2.05, 4.69) is 15.3 Å². The van der Waals surface area contributed by atoms with E-state index in [-0.39, 0.29) is 11.9 Å². The van der Waals surface area contributed by atoms with Gasteiger partial charge in [-0.1, -0.05) is 12.1 Å². The molecule has 0 saturated carbocycles. The van der Waals surface area contributed by atoms with Crippen LogP contribution in [0, 0.1) is 13.8 Å². The zero-order valence-corrected chi connectivity index (χ0v) is 17.3. The van der Waals surface area contributed by atoms with Crippen molar-refractivity contribution in [3.63, 3.8) is 0 Å². The normalized spacial score (nSPS) is 12.1. The lowest BCUT2D eigenvalue weighted by Gasteiger charge is -2.28. The van der Waals surface area contributed by atoms with Crippen LogP contribution in [0.4, 0.5) is 0 Å². The van der Waals surface area contributed by atoms with Crippen molar-refractivity contribution in [2.24, 2.45) is 7.05 Å². The van der Waals surface area contributed by atoms with E-state index in [1.165, 1.54) is 0 Å². The number of nitrogens with one attached hydrogen (secondary N) is 1. The second-order valence-electron chi connectivity index (χ2n) is 6.88. The molecule has 1 amide bonds. The van der Waals surface area contributed by atoms with Gasteiger partial charge in [0.25, 0.3) is 5.91 Å². The molecule has 0 spiro atoms. The van der Waals surface area contributed by atoms with Crippen molar-refractivity contribution in [3.05, 3.63) is 53.0 Å². The third-order valence-electron chi connectivity index (χ3n) is 5.22. The Morgan fingerprint density at radius 2 is 2.07 bits per heavy atom. The molecule has 7 nitrogen and oxygen atoms in total. The first kappa shape index (κ1) is 19.7. The van der Waals surface area contributed by atoms with Crippen LogP contribution in [0.1, 0.15) is 47.3 Å². The number of benzene rings is 1. The van der Waals surface area contributed by atoms with E-state index in [1.807, 2.05) is 68.6 Å². The van der Waals surface area contributed by atoms with Crippen LogP contribution < -0.4 is 4.74 Å². The van der Waals surface area contributed by atoms with Crippen LogP contribution in [-0.4, -0.2) is 44.4 Å². The number of rotatable bonds is 6. The summed E-state index contributed by atoms with van der Waals surface area (Å²) in [6.07, 6.45) is 0. The van der Waals surface area contributed by atoms with Gasteiger partial charge < -0.3 is 9.64 Å². The molecule has 3 aromatic rings. The molecule has 0 saturated heterocycles. The molecule has 1 aromatic carbocycles. The molecule has 7 heteroatoms. The second-order valence-corrected chi connectivity index (χ2v) is 6.88. The van der Waals surface area contributed by atoms with Crippen molar-refractivity contribution >= 4 is 5.91 Å². The summed E-state index contributed by atoms with van der Waals surface area (Å²) in [7, 11) is 3.54. The SMILES string of the molecule is CCN(C(=O)c1cc(-c2c(C)nn(C)c2C)n[nH]1)[C@H](C)c1cccc(OC)c1. The monoisotopic (exact) mass is 381 g/mol. The Balaban J connectivity index is 1.88. The fraction of sp³-hybridized carbons (Fsp3) is 0.381. The fourth-order valence-electron chi connectivity index (χ4n) is 3.53. The molecular formula is C21H27N5O2. The molecular weight excluding hydrogens is 354 g/mol. The van der Waals surface area contributed by atoms with Gasteiger partial charge in [0.05, 0.1) is 24.5 Å². The van der Waals surface area contributed by atoms with Gasteiger partial charge in [-0.25, -0.2) is 0 Å². The smallest absolute Gasteiger partial charge is 0.272 e. The minimum Gasteiger partial charge on any atom is -0.497 e. The maximum atomic E-state index is 13.2. The molecule has 0 bridgehead atoms. The van der Waals surface area contributed by atoms with Gasteiger partial charge in [-0.2, -0.15) is 10.2 Å². The Morgan fingerprint density at radius 1 is 1.32 bits per heavy atom. The molecule has 0 unspecified atom stereocenters. The van der Waals surface area contributed by atoms with E-state index < -0.39 is 0 Å². The maximum Gasteiger partial charge on any atom is 0.272 e. The summed E-state index contributed by atoms with van der Waals surface area (Å²) in [5.74, 6) is 0.690. The highest BCUT2D eigenvalue weighted by atomic mass is 16.5. The average molecular weight is 381 g/mol. The lowest BCUT2D eigenvalue weighted by molar-refractivity contribution is 0.0696. The number of aryl methyl sites for hydroxylation is 2. The van der Waals surface area contributed by atoms with Gasteiger partial charge in [0.2, 0.25) is 0 Å². The Bertz CT molecular complexity index is 989. The number of carbonyl (C=O) groups is 1. The lowest BCUT2D eigenvalue weighted by Crippen LogP contribution is -2.33. The van der Waals surface area contributed by atoms with E-state index in [9.17, 15) is 4.79 Å². The third-order valence-corrected chi connectivity index (χ3v) is 5.22. The number of amides is 1. The largest absolute Gasteiger partial charge is 0.497 e. The van der Waals surface area contributed by atoms with Crippen LogP contribution >= 0.6 is 0 Å². The molecule has 0 aliphatic heterocycles. The van der Waals surface area contributed by atoms with E-state index in [4.69, 9.17) is 4.74 Å². The molecule has 28 heavy (non-hydrogen) atoms. The van der Waals surface area contributed by atoms with Crippen LogP contribution in [-0.2, 0) is 7.05 Å². The minimum absolute atomic E-state index is 0.0873. The highest BCUT2D eigenvalue weighted by Crippen LogP contribution is 2.28. The first-order valence-corrected chi connectivity index (χ1v) is 9.38. The number of ether oxygens (including phenoxy) is 1. The Labute approximate surface area is 165 Å². The number of aromatic nitrogens is 4. The fourth-order valence-corrected chi connectivity index (χ4v) is 3.53. The number of hydrogen-bond donors (Lipinski definition) is 1. The predicted molar refractivity (Wildman–Crippen MR) is 108 cm³/mol. The molecule has 0 aliphatic carbocycles. The molecule has 2 heterocycles. The van der Waals surface area contributed by atoms with Crippen LogP contribution in [0.3, 0.4) is 0 Å². The van der Waals surface area contributed by atoms with Crippen LogP contribution in [0.15, 0.2) is 30.3 Å². The Hall–Kier alpha value is -3.09. The first-order valence-electron chi connectivity index (χ1n) is 9.38. The number of methoxy groups -OCH3 is 1. The van der Waals surface area contributed by atoms with Crippen molar-refractivity contribution in [1.29, 1.82) is 0 Å². The minimum atomic E-state index is -0.0961. The van der Waals surface area contributed by atoms with Crippen molar-refractivity contribution in [2.45, 2.75) is 33.7 Å². The number of hydrogen-bond acceptors (Lipinski definition) is 4. The number of H-pyrrole nitrogens is 1. The van der Waals surface area contributed by atoms with Crippen molar-refractivity contribution in [3.8, 4) is 17.0 Å². The molecule has 2 aromatic heterocycles.